The molecule has 8 heteroatoms. The molecule has 1 saturated heterocycles. The molecular weight excluding hydrogens is 390 g/mol. The summed E-state index contributed by atoms with van der Waals surface area (Å²) in [6.45, 7) is 4.33. The summed E-state index contributed by atoms with van der Waals surface area (Å²) in [4.78, 5) is 33.4. The number of anilines is 1. The molecule has 4 rings (SSSR count). The van der Waals surface area contributed by atoms with Gasteiger partial charge in [-0.2, -0.15) is 0 Å². The zero-order valence-electron chi connectivity index (χ0n) is 16.1. The first-order chi connectivity index (χ1) is 14.0. The minimum absolute atomic E-state index is 0.0617. The van der Waals surface area contributed by atoms with E-state index < -0.39 is 11.9 Å². The molecule has 1 aromatic carbocycles. The Balaban J connectivity index is 1.60. The zero-order valence-corrected chi connectivity index (χ0v) is 16.8. The first-order valence-electron chi connectivity index (χ1n) is 9.50. The number of hydrogen-bond donors (Lipinski definition) is 1. The molecule has 3 aromatic rings. The summed E-state index contributed by atoms with van der Waals surface area (Å²) in [7, 11) is 0. The Morgan fingerprint density at radius 1 is 1.14 bits per heavy atom. The SMILES string of the molecule is CC(C(N)=O)n1cc(C(=O)N2CCN(c3ccccn3)CC2)c2ccc(Cl)cc21. The monoisotopic (exact) mass is 411 g/mol. The number of halogens is 1. The quantitative estimate of drug-likeness (QED) is 0.715. The smallest absolute Gasteiger partial charge is 0.256 e. The van der Waals surface area contributed by atoms with E-state index in [0.717, 1.165) is 16.7 Å². The number of benzene rings is 1. The summed E-state index contributed by atoms with van der Waals surface area (Å²) in [6.07, 6.45) is 3.48. The van der Waals surface area contributed by atoms with Crippen LogP contribution in [0.5, 0.6) is 0 Å². The third-order valence-electron chi connectivity index (χ3n) is 5.40. The van der Waals surface area contributed by atoms with Crippen molar-refractivity contribution in [2.75, 3.05) is 31.1 Å². The molecule has 150 valence electrons. The third kappa shape index (κ3) is 3.65. The molecule has 0 saturated carbocycles. The Morgan fingerprint density at radius 2 is 1.90 bits per heavy atom. The Labute approximate surface area is 173 Å². The summed E-state index contributed by atoms with van der Waals surface area (Å²) in [5.41, 5.74) is 6.77. The van der Waals surface area contributed by atoms with Gasteiger partial charge in [0, 0.05) is 49.0 Å². The van der Waals surface area contributed by atoms with Gasteiger partial charge in [0.2, 0.25) is 5.91 Å². The van der Waals surface area contributed by atoms with Gasteiger partial charge >= 0.3 is 0 Å². The first-order valence-corrected chi connectivity index (χ1v) is 9.88. The Morgan fingerprint density at radius 3 is 2.55 bits per heavy atom. The van der Waals surface area contributed by atoms with E-state index in [0.29, 0.717) is 36.8 Å². The predicted molar refractivity (Wildman–Crippen MR) is 113 cm³/mol. The molecule has 2 amide bonds. The molecule has 1 aliphatic heterocycles. The van der Waals surface area contributed by atoms with Gasteiger partial charge in [-0.15, -0.1) is 0 Å². The van der Waals surface area contributed by atoms with Crippen LogP contribution in [0.25, 0.3) is 10.9 Å². The highest BCUT2D eigenvalue weighted by Gasteiger charge is 2.27. The number of hydrogen-bond acceptors (Lipinski definition) is 4. The van der Waals surface area contributed by atoms with Crippen LogP contribution in [-0.4, -0.2) is 52.4 Å². The molecule has 3 heterocycles. The number of primary amides is 1. The van der Waals surface area contributed by atoms with E-state index in [2.05, 4.69) is 9.88 Å². The van der Waals surface area contributed by atoms with Crippen molar-refractivity contribution in [3.63, 3.8) is 0 Å². The number of piperazine rings is 1. The van der Waals surface area contributed by atoms with Crippen LogP contribution in [0.4, 0.5) is 5.82 Å². The fourth-order valence-electron chi connectivity index (χ4n) is 3.70. The average Bonchev–Trinajstić information content (AvgIpc) is 3.11. The second-order valence-electron chi connectivity index (χ2n) is 7.16. The number of pyridine rings is 1. The summed E-state index contributed by atoms with van der Waals surface area (Å²) >= 11 is 6.15. The van der Waals surface area contributed by atoms with Crippen LogP contribution in [0.1, 0.15) is 23.3 Å². The lowest BCUT2D eigenvalue weighted by molar-refractivity contribution is -0.120. The highest BCUT2D eigenvalue weighted by atomic mass is 35.5. The fraction of sp³-hybridized carbons (Fsp3) is 0.286. The maximum atomic E-state index is 13.3. The Bertz CT molecular complexity index is 1060. The second kappa shape index (κ2) is 7.75. The topological polar surface area (TPSA) is 84.5 Å². The maximum absolute atomic E-state index is 13.3. The van der Waals surface area contributed by atoms with Gasteiger partial charge in [0.1, 0.15) is 11.9 Å². The number of carbonyl (C=O) groups excluding carboxylic acids is 2. The maximum Gasteiger partial charge on any atom is 0.256 e. The van der Waals surface area contributed by atoms with Crippen LogP contribution in [0.2, 0.25) is 5.02 Å². The summed E-state index contributed by atoms with van der Waals surface area (Å²) in [5.74, 6) is 0.388. The normalized spacial score (nSPS) is 15.5. The number of nitrogens with zero attached hydrogens (tertiary/aromatic N) is 4. The Kier molecular flexibility index (Phi) is 5.15. The molecule has 2 N–H and O–H groups in total. The number of fused-ring (bicyclic) bond motifs is 1. The molecule has 1 fully saturated rings. The summed E-state index contributed by atoms with van der Waals surface area (Å²) in [5, 5.41) is 1.30. The van der Waals surface area contributed by atoms with Crippen molar-refractivity contribution in [3.05, 3.63) is 59.4 Å². The van der Waals surface area contributed by atoms with E-state index in [1.165, 1.54) is 0 Å². The second-order valence-corrected chi connectivity index (χ2v) is 7.59. The van der Waals surface area contributed by atoms with Crippen molar-refractivity contribution >= 4 is 40.1 Å². The highest BCUT2D eigenvalue weighted by molar-refractivity contribution is 6.31. The van der Waals surface area contributed by atoms with Gasteiger partial charge in [0.05, 0.1) is 11.1 Å². The number of rotatable bonds is 4. The lowest BCUT2D eigenvalue weighted by atomic mass is 10.1. The first kappa shape index (κ1) is 19.3. The molecule has 2 aromatic heterocycles. The van der Waals surface area contributed by atoms with Crippen LogP contribution >= 0.6 is 11.6 Å². The van der Waals surface area contributed by atoms with E-state index >= 15 is 0 Å². The summed E-state index contributed by atoms with van der Waals surface area (Å²) < 4.78 is 1.72. The highest BCUT2D eigenvalue weighted by Crippen LogP contribution is 2.29. The molecule has 1 atom stereocenters. The van der Waals surface area contributed by atoms with Crippen molar-refractivity contribution in [1.82, 2.24) is 14.5 Å². The molecule has 0 bridgehead atoms. The van der Waals surface area contributed by atoms with E-state index in [1.54, 1.807) is 36.0 Å². The number of aromatic nitrogens is 2. The van der Waals surface area contributed by atoms with Crippen molar-refractivity contribution in [1.29, 1.82) is 0 Å². The van der Waals surface area contributed by atoms with Crippen molar-refractivity contribution in [2.45, 2.75) is 13.0 Å². The standard InChI is InChI=1S/C21H22ClN5O2/c1-14(20(23)28)27-13-17(16-6-5-15(22)12-18(16)27)21(29)26-10-8-25(9-11-26)19-4-2-3-7-24-19/h2-7,12-14H,8-11H2,1H3,(H2,23,28). The number of nitrogens with two attached hydrogens (primary N) is 1. The van der Waals surface area contributed by atoms with Crippen LogP contribution < -0.4 is 10.6 Å². The van der Waals surface area contributed by atoms with Crippen LogP contribution in [0.15, 0.2) is 48.8 Å². The van der Waals surface area contributed by atoms with Gasteiger partial charge in [-0.25, -0.2) is 4.98 Å². The molecule has 1 unspecified atom stereocenters. The lowest BCUT2D eigenvalue weighted by Crippen LogP contribution is -2.49. The van der Waals surface area contributed by atoms with Gasteiger partial charge in [-0.3, -0.25) is 9.59 Å². The number of carbonyl (C=O) groups is 2. The number of amides is 2. The van der Waals surface area contributed by atoms with Gasteiger partial charge in [-0.1, -0.05) is 23.7 Å². The van der Waals surface area contributed by atoms with E-state index in [-0.39, 0.29) is 5.91 Å². The van der Waals surface area contributed by atoms with Crippen LogP contribution in [0, 0.1) is 0 Å². The predicted octanol–water partition coefficient (Wildman–Crippen LogP) is 2.70. The van der Waals surface area contributed by atoms with Crippen LogP contribution in [-0.2, 0) is 4.79 Å². The molecule has 0 aliphatic carbocycles. The van der Waals surface area contributed by atoms with Gasteiger partial charge < -0.3 is 20.1 Å². The zero-order chi connectivity index (χ0) is 20.5. The molecule has 0 radical (unpaired) electrons. The molecule has 29 heavy (non-hydrogen) atoms. The summed E-state index contributed by atoms with van der Waals surface area (Å²) in [6, 6.07) is 10.6. The minimum Gasteiger partial charge on any atom is -0.368 e. The van der Waals surface area contributed by atoms with E-state index in [1.807, 2.05) is 29.2 Å². The van der Waals surface area contributed by atoms with E-state index in [4.69, 9.17) is 17.3 Å². The molecule has 7 nitrogen and oxygen atoms in total. The van der Waals surface area contributed by atoms with Gasteiger partial charge in [0.25, 0.3) is 5.91 Å². The van der Waals surface area contributed by atoms with Crippen molar-refractivity contribution in [3.8, 4) is 0 Å². The molecular formula is C21H22ClN5O2. The Hall–Kier alpha value is -3.06. The van der Waals surface area contributed by atoms with Gasteiger partial charge in [0.15, 0.2) is 0 Å². The third-order valence-corrected chi connectivity index (χ3v) is 5.63. The van der Waals surface area contributed by atoms with Crippen molar-refractivity contribution < 1.29 is 9.59 Å². The average molecular weight is 412 g/mol. The molecule has 1 aliphatic rings. The van der Waals surface area contributed by atoms with Crippen molar-refractivity contribution in [2.24, 2.45) is 5.73 Å². The van der Waals surface area contributed by atoms with Crippen LogP contribution in [0.3, 0.4) is 0 Å². The lowest BCUT2D eigenvalue weighted by Gasteiger charge is -2.35. The largest absolute Gasteiger partial charge is 0.368 e. The fourth-order valence-corrected chi connectivity index (χ4v) is 3.87. The molecule has 0 spiro atoms. The van der Waals surface area contributed by atoms with E-state index in [9.17, 15) is 9.59 Å². The minimum atomic E-state index is -0.585. The van der Waals surface area contributed by atoms with Gasteiger partial charge in [-0.05, 0) is 31.2 Å².